The number of carbonyl (C=O) groups is 1. The van der Waals surface area contributed by atoms with Gasteiger partial charge in [-0.2, -0.15) is 0 Å². The maximum atomic E-state index is 11.7. The van der Waals surface area contributed by atoms with Crippen molar-refractivity contribution in [3.63, 3.8) is 0 Å². The molecule has 2 nitrogen and oxygen atoms in total. The molecule has 3 heteroatoms. The van der Waals surface area contributed by atoms with Crippen molar-refractivity contribution in [2.24, 2.45) is 4.40 Å². The summed E-state index contributed by atoms with van der Waals surface area (Å²) in [5.74, 6) is 1.12. The Bertz CT molecular complexity index is 359. The first-order valence-electron chi connectivity index (χ1n) is 4.62. The molecule has 0 aromatic heterocycles. The van der Waals surface area contributed by atoms with Gasteiger partial charge in [-0.25, -0.2) is 4.40 Å². The summed E-state index contributed by atoms with van der Waals surface area (Å²) in [4.78, 5) is 11.7. The number of benzene rings is 1. The molecule has 1 aliphatic heterocycles. The SMILES string of the molecule is O=C(Cc1ccccc1)C1=NSCC1. The molecule has 0 saturated heterocycles. The van der Waals surface area contributed by atoms with Crippen LogP contribution in [0.5, 0.6) is 0 Å². The second-order valence-electron chi connectivity index (χ2n) is 3.21. The van der Waals surface area contributed by atoms with Crippen LogP contribution in [-0.4, -0.2) is 17.2 Å². The Balaban J connectivity index is 2.01. The van der Waals surface area contributed by atoms with Crippen LogP contribution in [0.2, 0.25) is 0 Å². The van der Waals surface area contributed by atoms with Gasteiger partial charge in [-0.3, -0.25) is 4.79 Å². The average molecular weight is 205 g/mol. The summed E-state index contributed by atoms with van der Waals surface area (Å²) in [6.45, 7) is 0. The molecule has 0 atom stereocenters. The third-order valence-electron chi connectivity index (χ3n) is 2.13. The molecule has 0 aliphatic carbocycles. The Morgan fingerprint density at radius 2 is 2.14 bits per heavy atom. The second-order valence-corrected chi connectivity index (χ2v) is 4.06. The molecule has 0 N–H and O–H groups in total. The summed E-state index contributed by atoms with van der Waals surface area (Å²) in [6.07, 6.45) is 1.32. The van der Waals surface area contributed by atoms with Gasteiger partial charge in [0, 0.05) is 18.6 Å². The molecule has 72 valence electrons. The van der Waals surface area contributed by atoms with Gasteiger partial charge >= 0.3 is 0 Å². The first kappa shape index (κ1) is 9.46. The van der Waals surface area contributed by atoms with E-state index in [2.05, 4.69) is 4.40 Å². The van der Waals surface area contributed by atoms with Crippen LogP contribution in [0.3, 0.4) is 0 Å². The zero-order valence-electron chi connectivity index (χ0n) is 7.77. The fraction of sp³-hybridized carbons (Fsp3) is 0.273. The number of ketones is 1. The third-order valence-corrected chi connectivity index (χ3v) is 2.87. The van der Waals surface area contributed by atoms with Crippen LogP contribution in [0.25, 0.3) is 0 Å². The van der Waals surface area contributed by atoms with E-state index in [4.69, 9.17) is 0 Å². The van der Waals surface area contributed by atoms with Gasteiger partial charge in [0.2, 0.25) is 0 Å². The fourth-order valence-electron chi connectivity index (χ4n) is 1.39. The molecule has 1 aliphatic rings. The van der Waals surface area contributed by atoms with Gasteiger partial charge in [0.1, 0.15) is 0 Å². The Kier molecular flexibility index (Phi) is 2.99. The number of rotatable bonds is 3. The Morgan fingerprint density at radius 1 is 1.36 bits per heavy atom. The van der Waals surface area contributed by atoms with Crippen molar-refractivity contribution < 1.29 is 4.79 Å². The van der Waals surface area contributed by atoms with Crippen LogP contribution in [0.15, 0.2) is 34.7 Å². The van der Waals surface area contributed by atoms with Crippen LogP contribution >= 0.6 is 11.9 Å². The monoisotopic (exact) mass is 205 g/mol. The topological polar surface area (TPSA) is 29.4 Å². The van der Waals surface area contributed by atoms with Crippen molar-refractivity contribution in [2.75, 3.05) is 5.75 Å². The van der Waals surface area contributed by atoms with Crippen LogP contribution in [0.4, 0.5) is 0 Å². The van der Waals surface area contributed by atoms with E-state index in [-0.39, 0.29) is 5.78 Å². The van der Waals surface area contributed by atoms with Crippen LogP contribution in [0.1, 0.15) is 12.0 Å². The van der Waals surface area contributed by atoms with E-state index in [1.165, 1.54) is 11.9 Å². The molecule has 0 radical (unpaired) electrons. The van der Waals surface area contributed by atoms with Gasteiger partial charge in [-0.05, 0) is 17.5 Å². The minimum absolute atomic E-state index is 0.168. The molecular formula is C11H11NOS. The minimum Gasteiger partial charge on any atom is -0.292 e. The lowest BCUT2D eigenvalue weighted by molar-refractivity contribution is -0.112. The molecule has 14 heavy (non-hydrogen) atoms. The standard InChI is InChI=1S/C11H11NOS/c13-11(10-6-7-14-12-10)8-9-4-2-1-3-5-9/h1-5H,6-8H2. The zero-order chi connectivity index (χ0) is 9.80. The zero-order valence-corrected chi connectivity index (χ0v) is 8.59. The van der Waals surface area contributed by atoms with Crippen molar-refractivity contribution in [1.29, 1.82) is 0 Å². The summed E-state index contributed by atoms with van der Waals surface area (Å²) in [7, 11) is 0. The quantitative estimate of drug-likeness (QED) is 0.708. The van der Waals surface area contributed by atoms with Gasteiger partial charge in [0.15, 0.2) is 5.78 Å². The molecule has 1 aromatic carbocycles. The van der Waals surface area contributed by atoms with E-state index in [9.17, 15) is 4.79 Å². The summed E-state index contributed by atoms with van der Waals surface area (Å²) in [5.41, 5.74) is 1.82. The van der Waals surface area contributed by atoms with E-state index in [1.807, 2.05) is 30.3 Å². The fourth-order valence-corrected chi connectivity index (χ4v) is 2.11. The van der Waals surface area contributed by atoms with E-state index in [1.54, 1.807) is 0 Å². The molecule has 0 spiro atoms. The number of hydrogen-bond donors (Lipinski definition) is 0. The van der Waals surface area contributed by atoms with Gasteiger partial charge in [-0.1, -0.05) is 30.3 Å². The van der Waals surface area contributed by atoms with Crippen LogP contribution in [0, 0.1) is 0 Å². The maximum Gasteiger partial charge on any atom is 0.182 e. The lowest BCUT2D eigenvalue weighted by Gasteiger charge is -1.99. The second kappa shape index (κ2) is 4.42. The summed E-state index contributed by atoms with van der Waals surface area (Å²) in [6, 6.07) is 9.81. The molecule has 1 heterocycles. The van der Waals surface area contributed by atoms with Gasteiger partial charge in [0.05, 0.1) is 5.71 Å². The first-order chi connectivity index (χ1) is 6.86. The molecule has 2 rings (SSSR count). The Morgan fingerprint density at radius 3 is 2.79 bits per heavy atom. The largest absolute Gasteiger partial charge is 0.292 e. The number of nitrogens with zero attached hydrogens (tertiary/aromatic N) is 1. The maximum absolute atomic E-state index is 11.7. The normalized spacial score (nSPS) is 15.3. The Labute approximate surface area is 87.6 Å². The van der Waals surface area contributed by atoms with Gasteiger partial charge in [-0.15, -0.1) is 0 Å². The van der Waals surface area contributed by atoms with Crippen LogP contribution in [-0.2, 0) is 11.2 Å². The van der Waals surface area contributed by atoms with E-state index in [0.717, 1.165) is 23.4 Å². The highest BCUT2D eigenvalue weighted by atomic mass is 32.2. The van der Waals surface area contributed by atoms with E-state index >= 15 is 0 Å². The van der Waals surface area contributed by atoms with Gasteiger partial charge < -0.3 is 0 Å². The molecule has 0 amide bonds. The van der Waals surface area contributed by atoms with Gasteiger partial charge in [0.25, 0.3) is 0 Å². The minimum atomic E-state index is 0.168. The molecular weight excluding hydrogens is 194 g/mol. The smallest absolute Gasteiger partial charge is 0.182 e. The lowest BCUT2D eigenvalue weighted by atomic mass is 10.1. The highest BCUT2D eigenvalue weighted by Gasteiger charge is 2.15. The van der Waals surface area contributed by atoms with Crippen molar-refractivity contribution >= 4 is 23.4 Å². The predicted molar refractivity (Wildman–Crippen MR) is 59.7 cm³/mol. The van der Waals surface area contributed by atoms with E-state index in [0.29, 0.717) is 6.42 Å². The highest BCUT2D eigenvalue weighted by molar-refractivity contribution is 7.98. The summed E-state index contributed by atoms with van der Waals surface area (Å²) >= 11 is 1.49. The highest BCUT2D eigenvalue weighted by Crippen LogP contribution is 2.16. The van der Waals surface area contributed by atoms with E-state index < -0.39 is 0 Å². The molecule has 0 fully saturated rings. The molecule has 0 unspecified atom stereocenters. The lowest BCUT2D eigenvalue weighted by Crippen LogP contribution is -2.14. The predicted octanol–water partition coefficient (Wildman–Crippen LogP) is 2.29. The molecule has 1 aromatic rings. The molecule has 0 bridgehead atoms. The number of Topliss-reactive ketones (excluding diaryl/α,β-unsaturated/α-hetero) is 1. The average Bonchev–Trinajstić information content (AvgIpc) is 2.72. The van der Waals surface area contributed by atoms with Crippen LogP contribution < -0.4 is 0 Å². The van der Waals surface area contributed by atoms with Crippen molar-refractivity contribution in [3.8, 4) is 0 Å². The first-order valence-corrected chi connectivity index (χ1v) is 5.56. The van der Waals surface area contributed by atoms with Crippen molar-refractivity contribution in [3.05, 3.63) is 35.9 Å². The number of hydrogen-bond acceptors (Lipinski definition) is 3. The molecule has 0 saturated carbocycles. The van der Waals surface area contributed by atoms with Crippen molar-refractivity contribution in [1.82, 2.24) is 0 Å². The third kappa shape index (κ3) is 2.23. The summed E-state index contributed by atoms with van der Waals surface area (Å²) < 4.78 is 4.12. The Hall–Kier alpha value is -1.09. The summed E-state index contributed by atoms with van der Waals surface area (Å²) in [5, 5.41) is 0. The van der Waals surface area contributed by atoms with Crippen molar-refractivity contribution in [2.45, 2.75) is 12.8 Å². The number of carbonyl (C=O) groups excluding carboxylic acids is 1.